The van der Waals surface area contributed by atoms with Gasteiger partial charge >= 0.3 is 5.69 Å². The van der Waals surface area contributed by atoms with Crippen molar-refractivity contribution in [3.63, 3.8) is 0 Å². The summed E-state index contributed by atoms with van der Waals surface area (Å²) in [5, 5.41) is 1.36. The van der Waals surface area contributed by atoms with Crippen molar-refractivity contribution < 1.29 is 4.42 Å². The van der Waals surface area contributed by atoms with E-state index >= 15 is 0 Å². The fourth-order valence-corrected chi connectivity index (χ4v) is 1.90. The summed E-state index contributed by atoms with van der Waals surface area (Å²) >= 11 is 5.88. The largest absolute Gasteiger partial charge is 0.463 e. The molecule has 0 unspecified atom stereocenters. The lowest BCUT2D eigenvalue weighted by Crippen LogP contribution is -2.11. The summed E-state index contributed by atoms with van der Waals surface area (Å²) in [5.41, 5.74) is 0.737. The maximum Gasteiger partial charge on any atom is 0.346 e. The molecule has 0 saturated heterocycles. The molecule has 0 saturated carbocycles. The molecule has 4 nitrogen and oxygen atoms in total. The van der Waals surface area contributed by atoms with Crippen molar-refractivity contribution >= 4 is 22.5 Å². The molecule has 0 atom stereocenters. The molecule has 0 amide bonds. The number of fused-ring (bicyclic) bond motifs is 1. The van der Waals surface area contributed by atoms with Crippen LogP contribution in [0.25, 0.3) is 22.4 Å². The SMILES string of the molecule is O=c1nc(-c2ccco2)c2ccc(Cl)cc2[nH]1. The second kappa shape index (κ2) is 3.75. The fourth-order valence-electron chi connectivity index (χ4n) is 1.73. The molecule has 84 valence electrons. The Hall–Kier alpha value is -2.07. The van der Waals surface area contributed by atoms with Crippen LogP contribution in [0.3, 0.4) is 0 Å². The number of aromatic nitrogens is 2. The quantitative estimate of drug-likeness (QED) is 0.718. The Morgan fingerprint density at radius 3 is 2.94 bits per heavy atom. The van der Waals surface area contributed by atoms with Crippen LogP contribution in [0.15, 0.2) is 45.8 Å². The van der Waals surface area contributed by atoms with Gasteiger partial charge < -0.3 is 9.40 Å². The van der Waals surface area contributed by atoms with Gasteiger partial charge in [0.2, 0.25) is 0 Å². The average molecular weight is 247 g/mol. The first-order valence-corrected chi connectivity index (χ1v) is 5.35. The molecule has 0 fully saturated rings. The molecule has 3 rings (SSSR count). The van der Waals surface area contributed by atoms with Gasteiger partial charge in [-0.15, -0.1) is 0 Å². The highest BCUT2D eigenvalue weighted by atomic mass is 35.5. The van der Waals surface area contributed by atoms with E-state index in [0.717, 1.165) is 5.39 Å². The van der Waals surface area contributed by atoms with Crippen molar-refractivity contribution in [2.75, 3.05) is 0 Å². The van der Waals surface area contributed by atoms with E-state index in [4.69, 9.17) is 16.0 Å². The number of rotatable bonds is 1. The van der Waals surface area contributed by atoms with Gasteiger partial charge in [-0.25, -0.2) is 4.79 Å². The van der Waals surface area contributed by atoms with Crippen molar-refractivity contribution in [3.8, 4) is 11.5 Å². The predicted molar refractivity (Wildman–Crippen MR) is 65.1 cm³/mol. The molecular weight excluding hydrogens is 240 g/mol. The lowest BCUT2D eigenvalue weighted by atomic mass is 10.1. The van der Waals surface area contributed by atoms with E-state index in [9.17, 15) is 4.79 Å². The number of hydrogen-bond donors (Lipinski definition) is 1. The van der Waals surface area contributed by atoms with Crippen LogP contribution in [-0.4, -0.2) is 9.97 Å². The standard InChI is InChI=1S/C12H7ClN2O2/c13-7-3-4-8-9(6-7)14-12(16)15-11(8)10-2-1-5-17-10/h1-6H,(H,14,15,16). The van der Waals surface area contributed by atoms with Gasteiger partial charge in [-0.2, -0.15) is 4.98 Å². The third-order valence-corrected chi connectivity index (χ3v) is 2.68. The lowest BCUT2D eigenvalue weighted by Gasteiger charge is -2.02. The minimum atomic E-state index is -0.425. The number of aromatic amines is 1. The first-order valence-electron chi connectivity index (χ1n) is 4.97. The maximum atomic E-state index is 11.5. The van der Waals surface area contributed by atoms with Gasteiger partial charge in [-0.05, 0) is 30.3 Å². The van der Waals surface area contributed by atoms with Crippen LogP contribution < -0.4 is 5.69 Å². The Kier molecular flexibility index (Phi) is 2.23. The first-order chi connectivity index (χ1) is 8.24. The molecule has 0 aliphatic rings. The number of H-pyrrole nitrogens is 1. The maximum absolute atomic E-state index is 11.5. The molecule has 17 heavy (non-hydrogen) atoms. The van der Waals surface area contributed by atoms with E-state index < -0.39 is 5.69 Å². The van der Waals surface area contributed by atoms with Crippen LogP contribution in [0.4, 0.5) is 0 Å². The molecule has 0 aliphatic heterocycles. The first kappa shape index (κ1) is 10.1. The molecule has 2 aromatic heterocycles. The predicted octanol–water partition coefficient (Wildman–Crippen LogP) is 2.84. The van der Waals surface area contributed by atoms with Crippen molar-refractivity contribution in [1.29, 1.82) is 0 Å². The van der Waals surface area contributed by atoms with E-state index in [0.29, 0.717) is 22.0 Å². The number of furan rings is 1. The van der Waals surface area contributed by atoms with Crippen molar-refractivity contribution in [2.45, 2.75) is 0 Å². The van der Waals surface area contributed by atoms with Crippen molar-refractivity contribution in [1.82, 2.24) is 9.97 Å². The van der Waals surface area contributed by atoms with Gasteiger partial charge in [0.05, 0.1) is 11.8 Å². The van der Waals surface area contributed by atoms with Gasteiger partial charge in [0.25, 0.3) is 0 Å². The molecule has 1 aromatic carbocycles. The summed E-state index contributed by atoms with van der Waals surface area (Å²) in [5.74, 6) is 0.559. The van der Waals surface area contributed by atoms with Gasteiger partial charge in [-0.1, -0.05) is 11.6 Å². The summed E-state index contributed by atoms with van der Waals surface area (Å²) < 4.78 is 5.26. The average Bonchev–Trinajstić information content (AvgIpc) is 2.80. The molecule has 1 N–H and O–H groups in total. The van der Waals surface area contributed by atoms with Crippen LogP contribution >= 0.6 is 11.6 Å². The second-order valence-electron chi connectivity index (χ2n) is 3.56. The lowest BCUT2D eigenvalue weighted by molar-refractivity contribution is 0.580. The second-order valence-corrected chi connectivity index (χ2v) is 3.99. The minimum absolute atomic E-state index is 0.425. The monoisotopic (exact) mass is 246 g/mol. The number of nitrogens with zero attached hydrogens (tertiary/aromatic N) is 1. The number of nitrogens with one attached hydrogen (secondary N) is 1. The minimum Gasteiger partial charge on any atom is -0.463 e. The van der Waals surface area contributed by atoms with Crippen LogP contribution in [0.1, 0.15) is 0 Å². The van der Waals surface area contributed by atoms with Crippen LogP contribution in [-0.2, 0) is 0 Å². The summed E-state index contributed by atoms with van der Waals surface area (Å²) in [6.45, 7) is 0. The Labute approximate surface area is 101 Å². The smallest absolute Gasteiger partial charge is 0.346 e. The molecule has 0 spiro atoms. The number of hydrogen-bond acceptors (Lipinski definition) is 3. The van der Waals surface area contributed by atoms with Crippen LogP contribution in [0, 0.1) is 0 Å². The van der Waals surface area contributed by atoms with Crippen molar-refractivity contribution in [2.24, 2.45) is 0 Å². The topological polar surface area (TPSA) is 58.9 Å². The summed E-state index contributed by atoms with van der Waals surface area (Å²) in [6, 6.07) is 8.75. The Morgan fingerprint density at radius 1 is 1.29 bits per heavy atom. The fraction of sp³-hybridized carbons (Fsp3) is 0. The Morgan fingerprint density at radius 2 is 2.18 bits per heavy atom. The third kappa shape index (κ3) is 1.72. The van der Waals surface area contributed by atoms with E-state index in [1.807, 2.05) is 0 Å². The zero-order chi connectivity index (χ0) is 11.8. The Bertz CT molecular complexity index is 732. The van der Waals surface area contributed by atoms with Crippen molar-refractivity contribution in [3.05, 3.63) is 52.1 Å². The number of benzene rings is 1. The van der Waals surface area contributed by atoms with Gasteiger partial charge in [-0.3, -0.25) is 0 Å². The molecule has 3 aromatic rings. The van der Waals surface area contributed by atoms with Crippen LogP contribution in [0.2, 0.25) is 5.02 Å². The molecular formula is C12H7ClN2O2. The molecule has 5 heteroatoms. The molecule has 0 radical (unpaired) electrons. The molecule has 2 heterocycles. The van der Waals surface area contributed by atoms with Crippen LogP contribution in [0.5, 0.6) is 0 Å². The third-order valence-electron chi connectivity index (χ3n) is 2.45. The normalized spacial score (nSPS) is 10.9. The molecule has 0 aliphatic carbocycles. The van der Waals surface area contributed by atoms with E-state index in [1.165, 1.54) is 0 Å². The summed E-state index contributed by atoms with van der Waals surface area (Å²) in [6.07, 6.45) is 1.54. The highest BCUT2D eigenvalue weighted by Gasteiger charge is 2.09. The summed E-state index contributed by atoms with van der Waals surface area (Å²) in [7, 11) is 0. The van der Waals surface area contributed by atoms with E-state index in [-0.39, 0.29) is 0 Å². The zero-order valence-corrected chi connectivity index (χ0v) is 9.36. The molecule has 0 bridgehead atoms. The summed E-state index contributed by atoms with van der Waals surface area (Å²) in [4.78, 5) is 18.0. The van der Waals surface area contributed by atoms with Gasteiger partial charge in [0.15, 0.2) is 5.76 Å². The van der Waals surface area contributed by atoms with Gasteiger partial charge in [0, 0.05) is 10.4 Å². The van der Waals surface area contributed by atoms with E-state index in [2.05, 4.69) is 9.97 Å². The highest BCUT2D eigenvalue weighted by Crippen LogP contribution is 2.26. The van der Waals surface area contributed by atoms with Gasteiger partial charge in [0.1, 0.15) is 5.69 Å². The number of halogens is 1. The Balaban J connectivity index is 2.42. The highest BCUT2D eigenvalue weighted by molar-refractivity contribution is 6.31. The van der Waals surface area contributed by atoms with E-state index in [1.54, 1.807) is 36.6 Å². The zero-order valence-electron chi connectivity index (χ0n) is 8.61.